The average molecular weight is 349 g/mol. The lowest BCUT2D eigenvalue weighted by molar-refractivity contribution is 1.15. The first-order valence-electron chi connectivity index (χ1n) is 7.68. The number of thiophene rings is 1. The molecule has 0 fully saturated rings. The number of benzene rings is 1. The highest BCUT2D eigenvalue weighted by atomic mass is 32.1. The summed E-state index contributed by atoms with van der Waals surface area (Å²) in [4.78, 5) is 24.2. The lowest BCUT2D eigenvalue weighted by atomic mass is 10.1. The van der Waals surface area contributed by atoms with Gasteiger partial charge in [-0.1, -0.05) is 12.1 Å². The van der Waals surface area contributed by atoms with Crippen molar-refractivity contribution in [2.24, 2.45) is 0 Å². The summed E-state index contributed by atoms with van der Waals surface area (Å²) in [7, 11) is 1.82. The van der Waals surface area contributed by atoms with E-state index >= 15 is 0 Å². The fraction of sp³-hybridized carbons (Fsp3) is 0.0556. The minimum Gasteiger partial charge on any atom is -0.397 e. The molecule has 0 aliphatic heterocycles. The summed E-state index contributed by atoms with van der Waals surface area (Å²) >= 11 is 1.38. The molecule has 0 spiro atoms. The monoisotopic (exact) mass is 349 g/mol. The van der Waals surface area contributed by atoms with E-state index in [1.807, 2.05) is 48.8 Å². The predicted octanol–water partition coefficient (Wildman–Crippen LogP) is 3.34. The fourth-order valence-corrected chi connectivity index (χ4v) is 3.61. The molecule has 124 valence electrons. The number of hydrogen-bond donors (Lipinski definition) is 3. The first-order valence-corrected chi connectivity index (χ1v) is 8.56. The van der Waals surface area contributed by atoms with E-state index in [4.69, 9.17) is 5.73 Å². The number of nitrogen functional groups attached to an aromatic ring is 1. The van der Waals surface area contributed by atoms with Crippen LogP contribution in [0.2, 0.25) is 0 Å². The van der Waals surface area contributed by atoms with Crippen LogP contribution in [0.4, 0.5) is 11.4 Å². The Morgan fingerprint density at radius 1 is 1.24 bits per heavy atom. The largest absolute Gasteiger partial charge is 0.397 e. The molecule has 6 nitrogen and oxygen atoms in total. The summed E-state index contributed by atoms with van der Waals surface area (Å²) in [5.74, 6) is 0.460. The molecular formula is C18H15N5OS. The summed E-state index contributed by atoms with van der Waals surface area (Å²) < 4.78 is 0.595. The van der Waals surface area contributed by atoms with Gasteiger partial charge in [-0.3, -0.25) is 9.78 Å². The van der Waals surface area contributed by atoms with E-state index in [0.29, 0.717) is 27.4 Å². The molecule has 4 N–H and O–H groups in total. The van der Waals surface area contributed by atoms with E-state index in [1.54, 1.807) is 6.20 Å². The number of nitrogens with zero attached hydrogens (tertiary/aromatic N) is 2. The molecule has 0 unspecified atom stereocenters. The van der Waals surface area contributed by atoms with Crippen LogP contribution in [0.25, 0.3) is 32.9 Å². The molecule has 0 saturated carbocycles. The summed E-state index contributed by atoms with van der Waals surface area (Å²) in [5.41, 5.74) is 10.5. The zero-order valence-electron chi connectivity index (χ0n) is 13.4. The van der Waals surface area contributed by atoms with Gasteiger partial charge in [0.15, 0.2) is 5.82 Å². The summed E-state index contributed by atoms with van der Waals surface area (Å²) in [6.45, 7) is 0. The Hall–Kier alpha value is -3.19. The van der Waals surface area contributed by atoms with Crippen molar-refractivity contribution in [3.05, 3.63) is 58.3 Å². The van der Waals surface area contributed by atoms with Gasteiger partial charge in [0, 0.05) is 24.2 Å². The number of nitrogens with two attached hydrogens (primary N) is 1. The van der Waals surface area contributed by atoms with Crippen LogP contribution < -0.4 is 16.6 Å². The molecule has 0 atom stereocenters. The van der Waals surface area contributed by atoms with Crippen LogP contribution in [-0.4, -0.2) is 22.0 Å². The number of aromatic amines is 1. The first kappa shape index (κ1) is 15.3. The molecule has 0 aliphatic carbocycles. The minimum absolute atomic E-state index is 0.161. The van der Waals surface area contributed by atoms with Crippen molar-refractivity contribution >= 4 is 32.9 Å². The Morgan fingerprint density at radius 2 is 2.12 bits per heavy atom. The Kier molecular flexibility index (Phi) is 3.70. The van der Waals surface area contributed by atoms with Gasteiger partial charge in [0.1, 0.15) is 10.4 Å². The maximum absolute atomic E-state index is 12.4. The van der Waals surface area contributed by atoms with Crippen LogP contribution in [-0.2, 0) is 0 Å². The molecular weight excluding hydrogens is 334 g/mol. The van der Waals surface area contributed by atoms with Crippen LogP contribution in [0.5, 0.6) is 0 Å². The third-order valence-corrected chi connectivity index (χ3v) is 4.94. The van der Waals surface area contributed by atoms with Gasteiger partial charge in [0.25, 0.3) is 5.56 Å². The van der Waals surface area contributed by atoms with E-state index in [0.717, 1.165) is 16.8 Å². The zero-order chi connectivity index (χ0) is 17.4. The van der Waals surface area contributed by atoms with E-state index < -0.39 is 0 Å². The van der Waals surface area contributed by atoms with E-state index in [2.05, 4.69) is 20.3 Å². The molecule has 3 heterocycles. The second-order valence-corrected chi connectivity index (χ2v) is 6.39. The number of fused-ring (bicyclic) bond motifs is 1. The van der Waals surface area contributed by atoms with E-state index in [-0.39, 0.29) is 5.56 Å². The van der Waals surface area contributed by atoms with Gasteiger partial charge in [0.05, 0.1) is 16.9 Å². The highest BCUT2D eigenvalue weighted by molar-refractivity contribution is 7.17. The second-order valence-electron chi connectivity index (χ2n) is 5.51. The van der Waals surface area contributed by atoms with Crippen LogP contribution in [0, 0.1) is 0 Å². The van der Waals surface area contributed by atoms with Gasteiger partial charge in [-0.2, -0.15) is 0 Å². The number of aromatic nitrogens is 3. The maximum atomic E-state index is 12.4. The smallest absolute Gasteiger partial charge is 0.269 e. The van der Waals surface area contributed by atoms with Gasteiger partial charge >= 0.3 is 0 Å². The third kappa shape index (κ3) is 2.64. The number of hydrogen-bond acceptors (Lipinski definition) is 6. The Balaban J connectivity index is 1.94. The van der Waals surface area contributed by atoms with Gasteiger partial charge in [-0.15, -0.1) is 11.3 Å². The number of nitrogens with one attached hydrogen (secondary N) is 2. The summed E-state index contributed by atoms with van der Waals surface area (Å²) in [6.07, 6.45) is 1.67. The fourth-order valence-electron chi connectivity index (χ4n) is 2.70. The Bertz CT molecular complexity index is 1120. The van der Waals surface area contributed by atoms with Crippen LogP contribution in [0.15, 0.2) is 52.8 Å². The molecule has 0 radical (unpaired) electrons. The molecule has 7 heteroatoms. The molecule has 4 aromatic rings. The number of H-pyrrole nitrogens is 1. The molecule has 0 bridgehead atoms. The van der Waals surface area contributed by atoms with Crippen molar-refractivity contribution in [3.8, 4) is 22.6 Å². The lowest BCUT2D eigenvalue weighted by Gasteiger charge is -2.08. The standard InChI is InChI=1S/C18H15N5OS/c1-20-14-8-10(5-6-12(14)19)11-9-25-16-15(11)22-17(23-18(16)24)13-4-2-3-7-21-13/h2-9,20H,19H2,1H3,(H,22,23,24). The number of pyridine rings is 1. The zero-order valence-corrected chi connectivity index (χ0v) is 14.2. The molecule has 3 aromatic heterocycles. The topological polar surface area (TPSA) is 96.7 Å². The van der Waals surface area contributed by atoms with Gasteiger partial charge in [-0.05, 0) is 29.8 Å². The lowest BCUT2D eigenvalue weighted by Crippen LogP contribution is -2.08. The predicted molar refractivity (Wildman–Crippen MR) is 103 cm³/mol. The summed E-state index contributed by atoms with van der Waals surface area (Å²) in [5, 5.41) is 5.02. The first-order chi connectivity index (χ1) is 12.2. The Labute approximate surface area is 147 Å². The number of anilines is 2. The van der Waals surface area contributed by atoms with Crippen LogP contribution in [0.3, 0.4) is 0 Å². The molecule has 0 aliphatic rings. The van der Waals surface area contributed by atoms with E-state index in [1.165, 1.54) is 11.3 Å². The highest BCUT2D eigenvalue weighted by Crippen LogP contribution is 2.34. The van der Waals surface area contributed by atoms with Crippen molar-refractivity contribution in [3.63, 3.8) is 0 Å². The molecule has 0 saturated heterocycles. The SMILES string of the molecule is CNc1cc(-c2csc3c(=O)[nH]c(-c4ccccn4)nc23)ccc1N. The number of rotatable bonds is 3. The van der Waals surface area contributed by atoms with E-state index in [9.17, 15) is 4.79 Å². The summed E-state index contributed by atoms with van der Waals surface area (Å²) in [6, 6.07) is 11.2. The van der Waals surface area contributed by atoms with Gasteiger partial charge in [0.2, 0.25) is 0 Å². The molecule has 1 aromatic carbocycles. The van der Waals surface area contributed by atoms with Crippen molar-refractivity contribution in [1.29, 1.82) is 0 Å². The van der Waals surface area contributed by atoms with Crippen LogP contribution in [0.1, 0.15) is 0 Å². The Morgan fingerprint density at radius 3 is 2.88 bits per heavy atom. The second kappa shape index (κ2) is 6.03. The van der Waals surface area contributed by atoms with Crippen molar-refractivity contribution in [2.75, 3.05) is 18.1 Å². The molecule has 25 heavy (non-hydrogen) atoms. The minimum atomic E-state index is -0.161. The highest BCUT2D eigenvalue weighted by Gasteiger charge is 2.14. The van der Waals surface area contributed by atoms with Crippen LogP contribution >= 0.6 is 11.3 Å². The normalized spacial score (nSPS) is 10.9. The van der Waals surface area contributed by atoms with Crippen molar-refractivity contribution in [1.82, 2.24) is 15.0 Å². The van der Waals surface area contributed by atoms with Gasteiger partial charge < -0.3 is 16.0 Å². The maximum Gasteiger partial charge on any atom is 0.269 e. The third-order valence-electron chi connectivity index (χ3n) is 3.97. The average Bonchev–Trinajstić information content (AvgIpc) is 3.07. The van der Waals surface area contributed by atoms with Crippen molar-refractivity contribution < 1.29 is 0 Å². The quantitative estimate of drug-likeness (QED) is 0.493. The molecule has 4 rings (SSSR count). The van der Waals surface area contributed by atoms with Gasteiger partial charge in [-0.25, -0.2) is 4.98 Å². The molecule has 0 amide bonds. The van der Waals surface area contributed by atoms with Crippen molar-refractivity contribution in [2.45, 2.75) is 0 Å².